The Morgan fingerprint density at radius 2 is 1.22 bits per heavy atom. The third-order valence-corrected chi connectivity index (χ3v) is 13.2. The summed E-state index contributed by atoms with van der Waals surface area (Å²) in [5.41, 5.74) is 15.9. The van der Waals surface area contributed by atoms with Crippen LogP contribution in [0.15, 0.2) is 158 Å². The molecule has 0 atom stereocenters. The van der Waals surface area contributed by atoms with Crippen molar-refractivity contribution in [3.63, 3.8) is 0 Å². The van der Waals surface area contributed by atoms with Crippen molar-refractivity contribution in [2.24, 2.45) is 0 Å². The smallest absolute Gasteiger partial charge is 0.135 e. The molecule has 0 bridgehead atoms. The molecule has 7 aromatic carbocycles. The van der Waals surface area contributed by atoms with E-state index in [0.29, 0.717) is 23.3 Å². The molecule has 6 heteroatoms. The summed E-state index contributed by atoms with van der Waals surface area (Å²) >= 11 is 0. The van der Waals surface area contributed by atoms with Crippen molar-refractivity contribution in [1.82, 2.24) is 9.55 Å². The van der Waals surface area contributed by atoms with Gasteiger partial charge in [0.05, 0.1) is 0 Å². The minimum Gasteiger partial charge on any atom is -0.509 e. The van der Waals surface area contributed by atoms with Crippen LogP contribution in [0.2, 0.25) is 0 Å². The quantitative estimate of drug-likeness (QED) is 0.135. The Bertz CT molecular complexity index is 3270. The Hall–Kier alpha value is -6.42. The first kappa shape index (κ1) is 46.7. The zero-order chi connectivity index (χ0) is 46.8. The van der Waals surface area contributed by atoms with E-state index in [-0.39, 0.29) is 31.9 Å². The summed E-state index contributed by atoms with van der Waals surface area (Å²) in [6, 6.07) is 61.9. The molecule has 9 aromatic rings. The zero-order valence-electron chi connectivity index (χ0n) is 40.8. The second-order valence-corrected chi connectivity index (χ2v) is 20.7. The number of aromatic nitrogens is 2. The van der Waals surface area contributed by atoms with E-state index in [1.165, 1.54) is 33.4 Å². The van der Waals surface area contributed by atoms with Gasteiger partial charge in [-0.2, -0.15) is 6.07 Å². The molecule has 0 fully saturated rings. The maximum Gasteiger partial charge on any atom is 0.135 e. The van der Waals surface area contributed by atoms with Gasteiger partial charge in [0, 0.05) is 61.3 Å². The van der Waals surface area contributed by atoms with Gasteiger partial charge in [0.15, 0.2) is 0 Å². The minimum atomic E-state index is -0.0482. The summed E-state index contributed by atoms with van der Waals surface area (Å²) in [6.45, 7) is 24.9. The number of pyridine rings is 1. The monoisotopic (exact) mass is 1070 g/mol. The van der Waals surface area contributed by atoms with Gasteiger partial charge in [0.2, 0.25) is 0 Å². The first-order chi connectivity index (χ1) is 32.1. The van der Waals surface area contributed by atoms with E-state index in [9.17, 15) is 0 Å². The van der Waals surface area contributed by atoms with Gasteiger partial charge in [-0.1, -0.05) is 160 Å². The van der Waals surface area contributed by atoms with E-state index >= 15 is 0 Å². The molecule has 5 nitrogen and oxygen atoms in total. The van der Waals surface area contributed by atoms with Crippen molar-refractivity contribution in [3.05, 3.63) is 199 Å². The summed E-state index contributed by atoms with van der Waals surface area (Å²) in [7, 11) is 0. The Labute approximate surface area is 417 Å². The largest absolute Gasteiger partial charge is 0.509 e. The van der Waals surface area contributed by atoms with E-state index < -0.39 is 0 Å². The van der Waals surface area contributed by atoms with Crippen LogP contribution >= 0.6 is 0 Å². The van der Waals surface area contributed by atoms with Crippen molar-refractivity contribution < 1.29 is 25.8 Å². The number of ether oxygens (including phenoxy) is 1. The normalized spacial score (nSPS) is 12.9. The molecule has 0 aliphatic carbocycles. The fourth-order valence-electron chi connectivity index (χ4n) is 9.53. The fraction of sp³-hybridized carbons (Fsp3) is 0.226. The molecular weight excluding hydrogens is 1010 g/mol. The van der Waals surface area contributed by atoms with Crippen molar-refractivity contribution in [2.45, 2.75) is 91.9 Å². The Morgan fingerprint density at radius 3 is 1.94 bits per heavy atom. The SMILES string of the molecule is CC(C)c1cccc(C(C)C)c1-c1cccc(N2[CH-]N(c3[c-]c(Oc4[c-]c5c(cc4)c4ccccc4n5-c4cc(C(C)(C)C)ccn4)cc(-c4ccccc4)c3)c3ccc(C(C)(C)C)cc32)c1.[Pt]. The van der Waals surface area contributed by atoms with E-state index in [0.717, 1.165) is 61.5 Å². The van der Waals surface area contributed by atoms with Gasteiger partial charge in [-0.25, -0.2) is 4.98 Å². The minimum absolute atomic E-state index is 0. The molecule has 10 rings (SSSR count). The zero-order valence-corrected chi connectivity index (χ0v) is 43.0. The summed E-state index contributed by atoms with van der Waals surface area (Å²) in [5.74, 6) is 2.81. The topological polar surface area (TPSA) is 33.5 Å². The third kappa shape index (κ3) is 8.78. The van der Waals surface area contributed by atoms with Crippen LogP contribution < -0.4 is 14.5 Å². The van der Waals surface area contributed by atoms with Crippen LogP contribution in [0.4, 0.5) is 22.7 Å². The van der Waals surface area contributed by atoms with Crippen molar-refractivity contribution in [2.75, 3.05) is 9.80 Å². The summed E-state index contributed by atoms with van der Waals surface area (Å²) in [4.78, 5) is 9.50. The Balaban J connectivity index is 0.00000578. The van der Waals surface area contributed by atoms with E-state index in [1.54, 1.807) is 0 Å². The first-order valence-electron chi connectivity index (χ1n) is 23.7. The van der Waals surface area contributed by atoms with Gasteiger partial charge in [-0.05, 0) is 109 Å². The molecule has 3 heterocycles. The predicted octanol–water partition coefficient (Wildman–Crippen LogP) is 17.2. The number of anilines is 4. The summed E-state index contributed by atoms with van der Waals surface area (Å²) in [5, 5.41) is 2.23. The molecule has 0 unspecified atom stereocenters. The number of fused-ring (bicyclic) bond motifs is 4. The van der Waals surface area contributed by atoms with Gasteiger partial charge in [0.25, 0.3) is 0 Å². The second-order valence-electron chi connectivity index (χ2n) is 20.7. The molecule has 0 N–H and O–H groups in total. The van der Waals surface area contributed by atoms with E-state index in [1.807, 2.05) is 12.3 Å². The van der Waals surface area contributed by atoms with Crippen molar-refractivity contribution in [3.8, 4) is 39.6 Å². The molecule has 0 spiro atoms. The Kier molecular flexibility index (Phi) is 12.5. The molecule has 0 amide bonds. The molecule has 1 aliphatic rings. The van der Waals surface area contributed by atoms with Crippen LogP contribution in [0.5, 0.6) is 11.5 Å². The molecule has 2 aromatic heterocycles. The summed E-state index contributed by atoms with van der Waals surface area (Å²) in [6.07, 6.45) is 1.91. The number of nitrogens with zero attached hydrogens (tertiary/aromatic N) is 4. The molecular formula is C62H59N4OPt-3. The average molecular weight is 1070 g/mol. The number of rotatable bonds is 9. The second kappa shape index (κ2) is 18.2. The van der Waals surface area contributed by atoms with E-state index in [2.05, 4.69) is 248 Å². The van der Waals surface area contributed by atoms with Crippen LogP contribution in [0, 0.1) is 18.8 Å². The van der Waals surface area contributed by atoms with Crippen LogP contribution in [0.3, 0.4) is 0 Å². The molecule has 0 saturated carbocycles. The number of benzene rings is 7. The van der Waals surface area contributed by atoms with E-state index in [4.69, 9.17) is 9.72 Å². The van der Waals surface area contributed by atoms with Crippen molar-refractivity contribution >= 4 is 44.6 Å². The van der Waals surface area contributed by atoms with Gasteiger partial charge in [-0.3, -0.25) is 0 Å². The summed E-state index contributed by atoms with van der Waals surface area (Å²) < 4.78 is 9.11. The maximum absolute atomic E-state index is 6.90. The number of hydrogen-bond acceptors (Lipinski definition) is 4. The van der Waals surface area contributed by atoms with Crippen LogP contribution in [0.1, 0.15) is 103 Å². The van der Waals surface area contributed by atoms with Gasteiger partial charge in [0.1, 0.15) is 5.82 Å². The van der Waals surface area contributed by atoms with Crippen LogP contribution in [0.25, 0.3) is 49.9 Å². The fourth-order valence-corrected chi connectivity index (χ4v) is 9.53. The molecule has 0 saturated heterocycles. The average Bonchev–Trinajstić information content (AvgIpc) is 3.87. The number of hydrogen-bond donors (Lipinski definition) is 0. The standard InChI is InChI=1S/C62H59N4O.Pt/c1-40(2)51-23-17-24-52(41(3)4)60(51)43-20-16-21-47(32-43)64-39-65(56-29-26-45(35-58(56)64)61(5,6)7)48-33-44(42-18-12-11-13-19-42)34-50(37-48)67-49-27-28-54-53-22-14-15-25-55(53)66(57(54)38-49)59-36-46(30-31-63-59)62(8,9)10;/h11-36,39-41H,1-10H3;/q-3;. The Morgan fingerprint density at radius 1 is 0.544 bits per heavy atom. The van der Waals surface area contributed by atoms with Crippen molar-refractivity contribution in [1.29, 1.82) is 0 Å². The first-order valence-corrected chi connectivity index (χ1v) is 23.7. The van der Waals surface area contributed by atoms with Crippen LogP contribution in [-0.4, -0.2) is 9.55 Å². The van der Waals surface area contributed by atoms with Gasteiger partial charge >= 0.3 is 0 Å². The third-order valence-electron chi connectivity index (χ3n) is 13.2. The number of para-hydroxylation sites is 1. The molecule has 1 aliphatic heterocycles. The maximum atomic E-state index is 6.90. The van der Waals surface area contributed by atoms with Gasteiger partial charge < -0.3 is 19.1 Å². The molecule has 68 heavy (non-hydrogen) atoms. The molecule has 0 radical (unpaired) electrons. The predicted molar refractivity (Wildman–Crippen MR) is 281 cm³/mol. The molecule has 346 valence electrons. The van der Waals surface area contributed by atoms with Crippen LogP contribution in [-0.2, 0) is 31.9 Å². The van der Waals surface area contributed by atoms with Gasteiger partial charge in [-0.15, -0.1) is 53.6 Å².